The average Bonchev–Trinajstić information content (AvgIpc) is 0.674. The molecule has 16 saturated carbocycles. The van der Waals surface area contributed by atoms with Crippen LogP contribution in [-0.4, -0.2) is 64.6 Å². The van der Waals surface area contributed by atoms with E-state index in [0.29, 0.717) is 102 Å². The van der Waals surface area contributed by atoms with Crippen molar-refractivity contribution in [2.75, 3.05) is 37.6 Å². The summed E-state index contributed by atoms with van der Waals surface area (Å²) in [6.07, 6.45) is 41.1. The van der Waals surface area contributed by atoms with E-state index < -0.39 is 0 Å². The third-order valence-electron chi connectivity index (χ3n) is 45.9. The number of nitrogens with two attached hydrogens (primary N) is 2. The first-order valence-electron chi connectivity index (χ1n) is 54.2. The summed E-state index contributed by atoms with van der Waals surface area (Å²) >= 11 is 0. The summed E-state index contributed by atoms with van der Waals surface area (Å²) < 4.78 is 3.49. The van der Waals surface area contributed by atoms with Crippen LogP contribution in [0.4, 0.5) is 22.7 Å². The fraction of sp³-hybridized carbons (Fsp3) is 0.559. The maximum absolute atomic E-state index is 16.3. The smallest absolute Gasteiger partial charge is 0.272 e. The molecule has 11 aromatic carbocycles. The zero-order valence-electron chi connectivity index (χ0n) is 77.1. The zero-order chi connectivity index (χ0) is 87.8. The van der Waals surface area contributed by atoms with Crippen LogP contribution in [-0.2, 0) is 13.1 Å². The number of likely N-dealkylation sites (tertiary alicyclic amines) is 2. The molecule has 16 heteroatoms. The summed E-state index contributed by atoms with van der Waals surface area (Å²) in [4.78, 5) is 75.9. The highest BCUT2D eigenvalue weighted by Gasteiger charge is 2.70. The van der Waals surface area contributed by atoms with Crippen molar-refractivity contribution < 1.29 is 9.85 Å². The summed E-state index contributed by atoms with van der Waals surface area (Å²) in [5, 5.41) is 43.3. The Bertz CT molecular complexity index is 7750. The van der Waals surface area contributed by atoms with Gasteiger partial charge in [0.1, 0.15) is 11.3 Å². The molecule has 20 unspecified atom stereocenters. The molecule has 134 heavy (non-hydrogen) atoms. The van der Waals surface area contributed by atoms with Crippen LogP contribution in [0.1, 0.15) is 191 Å². The predicted molar refractivity (Wildman–Crippen MR) is 534 cm³/mol. The highest BCUT2D eigenvalue weighted by atomic mass is 16.6. The minimum Gasteiger partial charge on any atom is -0.399 e. The van der Waals surface area contributed by atoms with Gasteiger partial charge in [-0.25, -0.2) is 9.97 Å². The van der Waals surface area contributed by atoms with Gasteiger partial charge in [0, 0.05) is 129 Å². The highest BCUT2D eigenvalue weighted by Crippen LogP contribution is 2.76. The van der Waals surface area contributed by atoms with E-state index in [1.165, 1.54) is 160 Å². The van der Waals surface area contributed by atoms with Gasteiger partial charge >= 0.3 is 0 Å². The van der Waals surface area contributed by atoms with Gasteiger partial charge in [0.25, 0.3) is 22.5 Å². The average molecular weight is 1780 g/mol. The van der Waals surface area contributed by atoms with E-state index >= 15 is 9.59 Å². The van der Waals surface area contributed by atoms with Crippen LogP contribution in [0.5, 0.6) is 0 Å². The number of hydrogen-bond donors (Lipinski definition) is 2. The van der Waals surface area contributed by atoms with Crippen molar-refractivity contribution in [1.82, 2.24) is 28.6 Å². The van der Waals surface area contributed by atoms with E-state index in [4.69, 9.17) is 21.4 Å². The summed E-state index contributed by atoms with van der Waals surface area (Å²) in [5.74, 6) is 29.3. The van der Waals surface area contributed by atoms with Gasteiger partial charge in [-0.05, 0) is 437 Å². The van der Waals surface area contributed by atoms with E-state index in [0.717, 1.165) is 285 Å². The number of hydrogen-bond acceptors (Lipinski definition) is 12. The first kappa shape index (κ1) is 77.4. The lowest BCUT2D eigenvalue weighted by atomic mass is 9.34. The molecule has 33 rings (SSSR count). The number of anilines is 2. The monoisotopic (exact) mass is 1770 g/mol. The molecule has 16 aliphatic carbocycles. The van der Waals surface area contributed by atoms with Crippen molar-refractivity contribution in [2.24, 2.45) is 189 Å². The number of nitro groups is 2. The summed E-state index contributed by atoms with van der Waals surface area (Å²) in [7, 11) is 0. The fourth-order valence-corrected chi connectivity index (χ4v) is 43.1. The van der Waals surface area contributed by atoms with Crippen LogP contribution in [0, 0.1) is 210 Å². The lowest BCUT2D eigenvalue weighted by Gasteiger charge is -2.71. The van der Waals surface area contributed by atoms with Gasteiger partial charge in [-0.15, -0.1) is 0 Å². The van der Waals surface area contributed by atoms with Gasteiger partial charge in [0.2, 0.25) is 0 Å². The molecule has 2 aliphatic heterocycles. The standard InChI is InChI=1S/C118H122N10O6/c119-59-17-23-83-89(41-59)93(51-123-47-55-13-19-67-75-29-25-71-63-9-1-5-53-6-2-10-64(99(53)63)72-26-30-76(105(75)103(71)72)68-20-14-56(48-123)97(55)101(67)68)91-42-60(120)43-95-111(91)113(83)121-115-85-37-33-79-82-36-40-88-110-86(38-34-80(108(82)110)81-35-39-87(109(85)107(79)81)117(129)125(95)115)116-122-114-84-24-18-61(127(131)132)44-90(84)94(92-45-62(128(133)134)46-96(112(92)114)126(116)118(88)130)52-124-49-57-15-21-69-77-31-27-73-65-11-3-7-54-8-4-12-66(100(54)65)74-28-32-78(106(77)104(73)74)70-22-16-58(50-124)98(57)102(69)70/h17-18,23-24,33-46,53-58,63-78,97-106H,1-16,19-22,25-32,47-52,119-120H2/t53?,54-,55?,56?,57?,58?,63?,64?,65?,66?,67?,68?,69?,70?,71?,72?,73?,74?,75?,76?,77?,78?,97?,98+,99?,100?,101?,102?,103?,104?,105?,106+. The Balaban J connectivity index is 0.474. The molecule has 4 N–H and O–H groups in total. The summed E-state index contributed by atoms with van der Waals surface area (Å²) in [6, 6.07) is 35.5. The van der Waals surface area contributed by atoms with E-state index in [-0.39, 0.29) is 32.3 Å². The number of piperidine rings is 2. The molecule has 0 bridgehead atoms. The van der Waals surface area contributed by atoms with E-state index in [9.17, 15) is 20.2 Å². The van der Waals surface area contributed by atoms with Gasteiger partial charge in [0.15, 0.2) is 0 Å². The first-order chi connectivity index (χ1) is 65.7. The second kappa shape index (κ2) is 27.2. The molecule has 15 aromatic rings. The summed E-state index contributed by atoms with van der Waals surface area (Å²) in [6.45, 7) is 5.39. The number of nitrogens with zero attached hydrogens (tertiary/aromatic N) is 8. The minimum absolute atomic E-state index is 0.0435. The molecule has 18 fully saturated rings. The van der Waals surface area contributed by atoms with Crippen molar-refractivity contribution in [3.05, 3.63) is 161 Å². The van der Waals surface area contributed by atoms with Crippen LogP contribution in [0.25, 0.3) is 141 Å². The maximum atomic E-state index is 16.3. The second-order valence-corrected chi connectivity index (χ2v) is 49.5. The third kappa shape index (κ3) is 9.82. The molecule has 0 spiro atoms. The normalized spacial score (nSPS) is 38.9. The molecule has 18 aliphatic rings. The van der Waals surface area contributed by atoms with Crippen LogP contribution in [0.2, 0.25) is 0 Å². The van der Waals surface area contributed by atoms with Crippen LogP contribution < -0.4 is 22.6 Å². The molecule has 16 nitrogen and oxygen atoms in total. The largest absolute Gasteiger partial charge is 0.399 e. The van der Waals surface area contributed by atoms with Crippen molar-refractivity contribution in [3.63, 3.8) is 0 Å². The van der Waals surface area contributed by atoms with Gasteiger partial charge in [-0.3, -0.25) is 48.4 Å². The Morgan fingerprint density at radius 2 is 0.582 bits per heavy atom. The molecule has 20 atom stereocenters. The Hall–Kier alpha value is -9.64. The Kier molecular flexibility index (Phi) is 15.7. The number of pyridine rings is 2. The van der Waals surface area contributed by atoms with Gasteiger partial charge < -0.3 is 11.5 Å². The maximum Gasteiger partial charge on any atom is 0.272 e. The first-order valence-corrected chi connectivity index (χ1v) is 54.2. The molecule has 6 heterocycles. The van der Waals surface area contributed by atoms with E-state index in [2.05, 4.69) is 64.4 Å². The van der Waals surface area contributed by atoms with Crippen molar-refractivity contribution in [3.8, 4) is 0 Å². The molecule has 680 valence electrons. The molecule has 2 saturated heterocycles. The van der Waals surface area contributed by atoms with Crippen molar-refractivity contribution in [1.29, 1.82) is 0 Å². The van der Waals surface area contributed by atoms with Crippen LogP contribution in [0.15, 0.2) is 119 Å². The molecular formula is C118H122N10O6. The quantitative estimate of drug-likeness (QED) is 0.0523. The summed E-state index contributed by atoms with van der Waals surface area (Å²) in [5.41, 5.74) is 20.4. The fourth-order valence-electron chi connectivity index (χ4n) is 43.1. The van der Waals surface area contributed by atoms with E-state index in [1.54, 1.807) is 54.3 Å². The third-order valence-corrected chi connectivity index (χ3v) is 45.9. The van der Waals surface area contributed by atoms with Crippen molar-refractivity contribution in [2.45, 2.75) is 193 Å². The van der Waals surface area contributed by atoms with Crippen LogP contribution in [0.3, 0.4) is 0 Å². The molecular weight excluding hydrogens is 1650 g/mol. The highest BCUT2D eigenvalue weighted by molar-refractivity contribution is 6.41. The Labute approximate surface area is 778 Å². The lowest BCUT2D eigenvalue weighted by molar-refractivity contribution is -0.384. The number of fused-ring (bicyclic) bond motifs is 20. The number of nitro benzene ring substituents is 2. The van der Waals surface area contributed by atoms with Gasteiger partial charge in [0.05, 0.1) is 31.9 Å². The van der Waals surface area contributed by atoms with Gasteiger partial charge in [-0.2, -0.15) is 0 Å². The number of rotatable bonds is 6. The predicted octanol–water partition coefficient (Wildman–Crippen LogP) is 25.3. The number of benzene rings is 11. The number of nitrogen functional groups attached to an aromatic ring is 2. The molecule has 0 amide bonds. The SMILES string of the molecule is Nc1ccc2c(c1)c(CN1CC3CCC4C5CCC6C7CCCC8CCCC(C9CCC(C%10CCC(C1)C3C4%10)C5C69)C87)c1cc(N)cc3c1c2nc1c2ccc4c5ccc6c(=O)n7c8cc([N+](=O)[O-])cc9c(CN%10CC%11CCC%12C%13CCC%14C%15CCC[C@H]%16CCCC(C%17CCC(C%18CCC(C%10)[C@@H]%11C%12%18)[C@@H]%13C%14%17)C%15%16)c%10cc([N+](=O)[O-])ccc%10c(nc7c7ccc(c%10ccc(c(=O)n31)c2c4%10)c5c67)c98. The number of non-ortho nitro benzene ring substituents is 2. The molecule has 4 aromatic heterocycles. The molecule has 0 radical (unpaired) electrons. The van der Waals surface area contributed by atoms with E-state index in [1.807, 2.05) is 34.7 Å². The topological polar surface area (TPSA) is 214 Å². The minimum atomic E-state index is -0.344. The van der Waals surface area contributed by atoms with Crippen LogP contribution >= 0.6 is 0 Å². The Morgan fingerprint density at radius 3 is 0.978 bits per heavy atom. The Morgan fingerprint density at radius 1 is 0.276 bits per heavy atom. The second-order valence-electron chi connectivity index (χ2n) is 49.5. The van der Waals surface area contributed by atoms with Gasteiger partial charge in [-0.1, -0.05) is 81.7 Å². The zero-order valence-corrected chi connectivity index (χ0v) is 77.1. The number of aromatic nitrogens is 4. The van der Waals surface area contributed by atoms with Crippen molar-refractivity contribution >= 4 is 164 Å². The lowest BCUT2D eigenvalue weighted by Crippen LogP contribution is -2.66.